The number of aromatic carboxylic acids is 1. The highest BCUT2D eigenvalue weighted by atomic mass is 16.4. The van der Waals surface area contributed by atoms with Gasteiger partial charge in [-0.3, -0.25) is 9.88 Å². The normalized spacial score (nSPS) is 10.8. The molecule has 0 aliphatic carbocycles. The second-order valence-corrected chi connectivity index (χ2v) is 4.10. The van der Waals surface area contributed by atoms with Crippen LogP contribution in [0.3, 0.4) is 0 Å². The molecule has 5 heteroatoms. The Kier molecular flexibility index (Phi) is 3.74. The summed E-state index contributed by atoms with van der Waals surface area (Å²) in [6.07, 6.45) is 3.02. The third kappa shape index (κ3) is 3.18. The van der Waals surface area contributed by atoms with Gasteiger partial charge in [0.25, 0.3) is 0 Å². The lowest BCUT2D eigenvalue weighted by Crippen LogP contribution is -2.17. The van der Waals surface area contributed by atoms with E-state index in [0.717, 1.165) is 11.5 Å². The smallest absolute Gasteiger partial charge is 0.337 e. The third-order valence-electron chi connectivity index (χ3n) is 2.51. The van der Waals surface area contributed by atoms with Gasteiger partial charge in [0.1, 0.15) is 5.76 Å². The van der Waals surface area contributed by atoms with E-state index in [2.05, 4.69) is 4.98 Å². The fourth-order valence-electron chi connectivity index (χ4n) is 1.65. The van der Waals surface area contributed by atoms with Crippen LogP contribution in [0.2, 0.25) is 0 Å². The molecule has 2 aromatic heterocycles. The molecule has 5 nitrogen and oxygen atoms in total. The molecule has 18 heavy (non-hydrogen) atoms. The van der Waals surface area contributed by atoms with Crippen molar-refractivity contribution >= 4 is 5.97 Å². The van der Waals surface area contributed by atoms with Crippen LogP contribution in [0.25, 0.3) is 0 Å². The summed E-state index contributed by atoms with van der Waals surface area (Å²) in [5, 5.41) is 8.77. The van der Waals surface area contributed by atoms with Gasteiger partial charge in [-0.25, -0.2) is 4.79 Å². The van der Waals surface area contributed by atoms with Gasteiger partial charge in [0, 0.05) is 12.7 Å². The van der Waals surface area contributed by atoms with Crippen LogP contribution in [-0.4, -0.2) is 28.0 Å². The number of hydrogen-bond acceptors (Lipinski definition) is 4. The Morgan fingerprint density at radius 3 is 2.78 bits per heavy atom. The van der Waals surface area contributed by atoms with Crippen LogP contribution < -0.4 is 0 Å². The maximum atomic E-state index is 10.7. The first kappa shape index (κ1) is 12.3. The van der Waals surface area contributed by atoms with E-state index in [1.807, 2.05) is 24.1 Å². The van der Waals surface area contributed by atoms with E-state index in [1.165, 1.54) is 6.20 Å². The molecule has 2 rings (SSSR count). The van der Waals surface area contributed by atoms with Gasteiger partial charge in [-0.15, -0.1) is 0 Å². The molecule has 1 N–H and O–H groups in total. The topological polar surface area (TPSA) is 66.6 Å². The van der Waals surface area contributed by atoms with Crippen LogP contribution in [0.5, 0.6) is 0 Å². The number of carbonyl (C=O) groups is 1. The molecular weight excluding hydrogens is 232 g/mol. The quantitative estimate of drug-likeness (QED) is 0.874. The minimum atomic E-state index is -0.960. The Hall–Kier alpha value is -2.14. The van der Waals surface area contributed by atoms with Crippen molar-refractivity contribution in [2.24, 2.45) is 0 Å². The molecular formula is C13H14N2O3. The highest BCUT2D eigenvalue weighted by Crippen LogP contribution is 2.07. The van der Waals surface area contributed by atoms with Gasteiger partial charge in [0.05, 0.1) is 24.1 Å². The molecule has 0 aliphatic rings. The van der Waals surface area contributed by atoms with Crippen molar-refractivity contribution in [2.75, 3.05) is 7.05 Å². The number of aromatic nitrogens is 1. The summed E-state index contributed by atoms with van der Waals surface area (Å²) >= 11 is 0. The van der Waals surface area contributed by atoms with E-state index < -0.39 is 5.97 Å². The maximum Gasteiger partial charge on any atom is 0.337 e. The Morgan fingerprint density at radius 2 is 2.22 bits per heavy atom. The maximum absolute atomic E-state index is 10.7. The fraction of sp³-hybridized carbons (Fsp3) is 0.231. The highest BCUT2D eigenvalue weighted by molar-refractivity contribution is 5.87. The fourth-order valence-corrected chi connectivity index (χ4v) is 1.65. The number of carboxylic acid groups (broad SMARTS) is 1. The summed E-state index contributed by atoms with van der Waals surface area (Å²) in [6, 6.07) is 7.05. The lowest BCUT2D eigenvalue weighted by atomic mass is 10.2. The van der Waals surface area contributed by atoms with Crippen LogP contribution in [0.4, 0.5) is 0 Å². The number of rotatable bonds is 5. The summed E-state index contributed by atoms with van der Waals surface area (Å²) in [5.74, 6) is -0.0716. The number of furan rings is 1. The summed E-state index contributed by atoms with van der Waals surface area (Å²) in [4.78, 5) is 16.8. The Balaban J connectivity index is 1.94. The number of nitrogens with zero attached hydrogens (tertiary/aromatic N) is 2. The second-order valence-electron chi connectivity index (χ2n) is 4.10. The summed E-state index contributed by atoms with van der Waals surface area (Å²) in [5.41, 5.74) is 1.03. The van der Waals surface area contributed by atoms with Crippen molar-refractivity contribution in [3.63, 3.8) is 0 Å². The van der Waals surface area contributed by atoms with E-state index in [0.29, 0.717) is 13.1 Å². The van der Waals surface area contributed by atoms with Gasteiger partial charge in [-0.2, -0.15) is 0 Å². The van der Waals surface area contributed by atoms with E-state index >= 15 is 0 Å². The van der Waals surface area contributed by atoms with Crippen LogP contribution in [0.1, 0.15) is 21.8 Å². The molecule has 0 amide bonds. The predicted octanol–water partition coefficient (Wildman–Crippen LogP) is 2.00. The first-order chi connectivity index (χ1) is 8.65. The van der Waals surface area contributed by atoms with Gasteiger partial charge >= 0.3 is 5.97 Å². The molecule has 94 valence electrons. The molecule has 0 bridgehead atoms. The van der Waals surface area contributed by atoms with Crippen molar-refractivity contribution in [2.45, 2.75) is 13.1 Å². The predicted molar refractivity (Wildman–Crippen MR) is 65.1 cm³/mol. The molecule has 0 saturated heterocycles. The van der Waals surface area contributed by atoms with Crippen LogP contribution >= 0.6 is 0 Å². The largest absolute Gasteiger partial charge is 0.478 e. The average Bonchev–Trinajstić information content (AvgIpc) is 2.82. The molecule has 0 saturated carbocycles. The zero-order valence-corrected chi connectivity index (χ0v) is 10.0. The molecule has 0 fully saturated rings. The minimum absolute atomic E-state index is 0.201. The lowest BCUT2D eigenvalue weighted by molar-refractivity contribution is 0.0696. The van der Waals surface area contributed by atoms with Crippen molar-refractivity contribution in [3.8, 4) is 0 Å². The van der Waals surface area contributed by atoms with Crippen LogP contribution in [-0.2, 0) is 13.1 Å². The second kappa shape index (κ2) is 5.46. The Morgan fingerprint density at radius 1 is 1.39 bits per heavy atom. The molecule has 0 radical (unpaired) electrons. The molecule has 0 atom stereocenters. The van der Waals surface area contributed by atoms with Crippen LogP contribution in [0.15, 0.2) is 41.1 Å². The molecule has 0 spiro atoms. The van der Waals surface area contributed by atoms with Gasteiger partial charge in [0.15, 0.2) is 0 Å². The standard InChI is InChI=1S/C13H14N2O3/c1-15(9-12-3-2-6-18-12)8-11-5-4-10(7-14-11)13(16)17/h2-7H,8-9H2,1H3,(H,16,17). The summed E-state index contributed by atoms with van der Waals surface area (Å²) in [6.45, 7) is 1.33. The summed E-state index contributed by atoms with van der Waals surface area (Å²) < 4.78 is 5.25. The molecule has 0 aromatic carbocycles. The van der Waals surface area contributed by atoms with Crippen molar-refractivity contribution in [1.29, 1.82) is 0 Å². The molecule has 0 unspecified atom stereocenters. The van der Waals surface area contributed by atoms with Crippen molar-refractivity contribution in [3.05, 3.63) is 53.7 Å². The first-order valence-corrected chi connectivity index (χ1v) is 5.54. The number of pyridine rings is 1. The third-order valence-corrected chi connectivity index (χ3v) is 2.51. The van der Waals surface area contributed by atoms with Gasteiger partial charge < -0.3 is 9.52 Å². The van der Waals surface area contributed by atoms with Gasteiger partial charge in [-0.05, 0) is 31.3 Å². The minimum Gasteiger partial charge on any atom is -0.478 e. The lowest BCUT2D eigenvalue weighted by Gasteiger charge is -2.14. The monoisotopic (exact) mass is 246 g/mol. The SMILES string of the molecule is CN(Cc1ccc(C(=O)O)cn1)Cc1ccco1. The highest BCUT2D eigenvalue weighted by Gasteiger charge is 2.06. The molecule has 2 heterocycles. The van der Waals surface area contributed by atoms with E-state index in [-0.39, 0.29) is 5.56 Å². The Bertz CT molecular complexity index is 506. The van der Waals surface area contributed by atoms with Crippen LogP contribution in [0, 0.1) is 0 Å². The van der Waals surface area contributed by atoms with Crippen molar-refractivity contribution in [1.82, 2.24) is 9.88 Å². The number of hydrogen-bond donors (Lipinski definition) is 1. The summed E-state index contributed by atoms with van der Waals surface area (Å²) in [7, 11) is 1.95. The zero-order chi connectivity index (χ0) is 13.0. The van der Waals surface area contributed by atoms with Crippen molar-refractivity contribution < 1.29 is 14.3 Å². The zero-order valence-electron chi connectivity index (χ0n) is 10.0. The first-order valence-electron chi connectivity index (χ1n) is 5.54. The van der Waals surface area contributed by atoms with Gasteiger partial charge in [0.2, 0.25) is 0 Å². The average molecular weight is 246 g/mol. The van der Waals surface area contributed by atoms with E-state index in [1.54, 1.807) is 18.4 Å². The molecule has 2 aromatic rings. The number of carboxylic acids is 1. The van der Waals surface area contributed by atoms with E-state index in [9.17, 15) is 4.79 Å². The Labute approximate surface area is 105 Å². The molecule has 0 aliphatic heterocycles. The van der Waals surface area contributed by atoms with Gasteiger partial charge in [-0.1, -0.05) is 0 Å². The van der Waals surface area contributed by atoms with E-state index in [4.69, 9.17) is 9.52 Å².